The molecule has 2 fully saturated rings. The van der Waals surface area contributed by atoms with Crippen LogP contribution in [0.3, 0.4) is 0 Å². The molecule has 174 valence electrons. The largest absolute Gasteiger partial charge is 0.394 e. The van der Waals surface area contributed by atoms with Crippen LogP contribution >= 0.6 is 0 Å². The molecule has 0 saturated carbocycles. The van der Waals surface area contributed by atoms with Gasteiger partial charge in [-0.1, -0.05) is 42.0 Å². The molecule has 32 heavy (non-hydrogen) atoms. The van der Waals surface area contributed by atoms with Crippen LogP contribution in [0.5, 0.6) is 0 Å². The van der Waals surface area contributed by atoms with Gasteiger partial charge in [0, 0.05) is 25.1 Å². The second kappa shape index (κ2) is 11.5. The lowest BCUT2D eigenvalue weighted by atomic mass is 9.97. The van der Waals surface area contributed by atoms with Crippen LogP contribution in [0.25, 0.3) is 11.3 Å². The van der Waals surface area contributed by atoms with Crippen LogP contribution in [0, 0.1) is 0 Å². The normalized spacial score (nSPS) is 24.3. The lowest BCUT2D eigenvalue weighted by Crippen LogP contribution is -2.51. The zero-order valence-electron chi connectivity index (χ0n) is 18.7. The second-order valence-electron chi connectivity index (χ2n) is 8.90. The number of aliphatic hydroxyl groups is 1. The van der Waals surface area contributed by atoms with E-state index in [0.29, 0.717) is 13.0 Å². The summed E-state index contributed by atoms with van der Waals surface area (Å²) in [5.41, 5.74) is 1.91. The number of nitrogens with one attached hydrogen (secondary N) is 1. The van der Waals surface area contributed by atoms with E-state index in [-0.39, 0.29) is 30.8 Å². The van der Waals surface area contributed by atoms with Gasteiger partial charge in [0.2, 0.25) is 5.91 Å². The number of aromatic nitrogens is 3. The molecule has 2 aliphatic heterocycles. The summed E-state index contributed by atoms with van der Waals surface area (Å²) >= 11 is 0. The first-order valence-electron chi connectivity index (χ1n) is 11.9. The highest BCUT2D eigenvalue weighted by molar-refractivity contribution is 5.76. The van der Waals surface area contributed by atoms with Gasteiger partial charge in [-0.25, -0.2) is 0 Å². The number of ether oxygens (including phenoxy) is 1. The number of hydrogen-bond acceptors (Lipinski definition) is 6. The number of rotatable bonds is 9. The number of hydrogen-bond donors (Lipinski definition) is 2. The molecule has 1 aromatic carbocycles. The number of benzene rings is 1. The minimum atomic E-state index is -0.358. The molecule has 2 saturated heterocycles. The van der Waals surface area contributed by atoms with Crippen molar-refractivity contribution in [1.29, 1.82) is 0 Å². The monoisotopic (exact) mass is 441 g/mol. The third-order valence-electron chi connectivity index (χ3n) is 6.53. The zero-order chi connectivity index (χ0) is 22.2. The Kier molecular flexibility index (Phi) is 8.25. The van der Waals surface area contributed by atoms with E-state index in [1.54, 1.807) is 0 Å². The molecule has 1 aromatic heterocycles. The first-order valence-corrected chi connectivity index (χ1v) is 11.9. The van der Waals surface area contributed by atoms with Gasteiger partial charge in [-0.2, -0.15) is 0 Å². The van der Waals surface area contributed by atoms with Crippen molar-refractivity contribution >= 4 is 5.91 Å². The van der Waals surface area contributed by atoms with Crippen LogP contribution < -0.4 is 5.32 Å². The van der Waals surface area contributed by atoms with Crippen LogP contribution in [-0.2, 0) is 16.1 Å². The Hall–Kier alpha value is -2.29. The van der Waals surface area contributed by atoms with Crippen LogP contribution in [0.15, 0.2) is 36.5 Å². The molecule has 4 rings (SSSR count). The molecule has 0 unspecified atom stereocenters. The number of carbonyl (C=O) groups excluding carboxylic acids is 1. The first-order chi connectivity index (χ1) is 15.7. The first kappa shape index (κ1) is 22.9. The third kappa shape index (κ3) is 6.37. The van der Waals surface area contributed by atoms with Crippen LogP contribution in [0.4, 0.5) is 0 Å². The fourth-order valence-electron chi connectivity index (χ4n) is 4.66. The van der Waals surface area contributed by atoms with Gasteiger partial charge in [0.05, 0.1) is 24.9 Å². The molecule has 0 aliphatic carbocycles. The molecular weight excluding hydrogens is 406 g/mol. The van der Waals surface area contributed by atoms with Crippen molar-refractivity contribution < 1.29 is 14.6 Å². The van der Waals surface area contributed by atoms with Gasteiger partial charge in [-0.3, -0.25) is 9.48 Å². The molecule has 2 aromatic rings. The molecule has 3 heterocycles. The van der Waals surface area contributed by atoms with Crippen molar-refractivity contribution in [1.82, 2.24) is 25.2 Å². The summed E-state index contributed by atoms with van der Waals surface area (Å²) in [6.07, 6.45) is 8.37. The van der Waals surface area contributed by atoms with Gasteiger partial charge in [-0.05, 0) is 45.2 Å². The average molecular weight is 442 g/mol. The predicted octanol–water partition coefficient (Wildman–Crippen LogP) is 2.24. The van der Waals surface area contributed by atoms with E-state index in [9.17, 15) is 9.90 Å². The van der Waals surface area contributed by atoms with E-state index in [1.165, 1.54) is 19.3 Å². The number of aliphatic hydroxyl groups excluding tert-OH is 1. The van der Waals surface area contributed by atoms with Gasteiger partial charge < -0.3 is 20.1 Å². The summed E-state index contributed by atoms with van der Waals surface area (Å²) in [6.45, 7) is 3.62. The van der Waals surface area contributed by atoms with Crippen molar-refractivity contribution in [2.24, 2.45) is 0 Å². The van der Waals surface area contributed by atoms with Crippen molar-refractivity contribution in [2.45, 2.75) is 69.7 Å². The molecule has 1 amide bonds. The minimum Gasteiger partial charge on any atom is -0.394 e. The summed E-state index contributed by atoms with van der Waals surface area (Å²) < 4.78 is 7.96. The van der Waals surface area contributed by atoms with Gasteiger partial charge in [0.15, 0.2) is 0 Å². The fourth-order valence-corrected chi connectivity index (χ4v) is 4.66. The lowest BCUT2D eigenvalue weighted by molar-refractivity contribution is -0.129. The van der Waals surface area contributed by atoms with Crippen molar-refractivity contribution in [3.63, 3.8) is 0 Å². The van der Waals surface area contributed by atoms with E-state index < -0.39 is 0 Å². The maximum absolute atomic E-state index is 12.4. The molecule has 0 spiro atoms. The molecule has 3 atom stereocenters. The summed E-state index contributed by atoms with van der Waals surface area (Å²) in [5, 5.41) is 21.4. The predicted molar refractivity (Wildman–Crippen MR) is 122 cm³/mol. The van der Waals surface area contributed by atoms with Gasteiger partial charge in [0.25, 0.3) is 0 Å². The summed E-state index contributed by atoms with van der Waals surface area (Å²) in [7, 11) is 0. The highest BCUT2D eigenvalue weighted by Gasteiger charge is 2.31. The quantitative estimate of drug-likeness (QED) is 0.620. The van der Waals surface area contributed by atoms with E-state index in [1.807, 2.05) is 41.2 Å². The molecular formula is C24H35N5O3. The van der Waals surface area contributed by atoms with E-state index in [4.69, 9.17) is 4.74 Å². The topological polar surface area (TPSA) is 92.5 Å². The maximum atomic E-state index is 12.4. The van der Waals surface area contributed by atoms with E-state index >= 15 is 0 Å². The van der Waals surface area contributed by atoms with Crippen LogP contribution in [-0.4, -0.2) is 75.4 Å². The number of piperidine rings is 1. The Labute approximate surface area is 189 Å². The minimum absolute atomic E-state index is 0.0398. The van der Waals surface area contributed by atoms with Crippen molar-refractivity contribution in [3.05, 3.63) is 36.5 Å². The Bertz CT molecular complexity index is 837. The molecule has 0 bridgehead atoms. The Morgan fingerprint density at radius 1 is 1.12 bits per heavy atom. The summed E-state index contributed by atoms with van der Waals surface area (Å²) in [6, 6.07) is 9.87. The van der Waals surface area contributed by atoms with Gasteiger partial charge in [0.1, 0.15) is 11.8 Å². The van der Waals surface area contributed by atoms with E-state index in [2.05, 4.69) is 20.5 Å². The summed E-state index contributed by atoms with van der Waals surface area (Å²) in [4.78, 5) is 14.8. The highest BCUT2D eigenvalue weighted by Crippen LogP contribution is 2.23. The number of likely N-dealkylation sites (tertiary alicyclic amines) is 1. The molecule has 2 aliphatic rings. The number of amides is 1. The maximum Gasteiger partial charge on any atom is 0.221 e. The van der Waals surface area contributed by atoms with Gasteiger partial charge in [-0.15, -0.1) is 5.10 Å². The summed E-state index contributed by atoms with van der Waals surface area (Å²) in [5.74, 6) is 0.0529. The number of aryl methyl sites for hydroxylation is 1. The molecule has 8 nitrogen and oxygen atoms in total. The second-order valence-corrected chi connectivity index (χ2v) is 8.90. The lowest BCUT2D eigenvalue weighted by Gasteiger charge is -2.36. The zero-order valence-corrected chi connectivity index (χ0v) is 18.7. The fraction of sp³-hybridized carbons (Fsp3) is 0.625. The van der Waals surface area contributed by atoms with Crippen LogP contribution in [0.1, 0.15) is 44.9 Å². The smallest absolute Gasteiger partial charge is 0.221 e. The Morgan fingerprint density at radius 2 is 1.94 bits per heavy atom. The average Bonchev–Trinajstić information content (AvgIpc) is 3.32. The highest BCUT2D eigenvalue weighted by atomic mass is 16.5. The number of nitrogens with zero attached hydrogens (tertiary/aromatic N) is 4. The third-order valence-corrected chi connectivity index (χ3v) is 6.53. The molecule has 0 radical (unpaired) electrons. The Morgan fingerprint density at radius 3 is 2.72 bits per heavy atom. The number of carbonyl (C=O) groups is 1. The molecule has 8 heteroatoms. The van der Waals surface area contributed by atoms with Crippen molar-refractivity contribution in [2.75, 3.05) is 26.2 Å². The van der Waals surface area contributed by atoms with Gasteiger partial charge >= 0.3 is 0 Å². The van der Waals surface area contributed by atoms with Crippen LogP contribution in [0.2, 0.25) is 0 Å². The molecule has 2 N–H and O–H groups in total. The van der Waals surface area contributed by atoms with E-state index in [0.717, 1.165) is 50.2 Å². The SMILES string of the molecule is O=C(CCN1CCCCC1)N[C@@H]1CC[C@H](CCn2cc(-c3ccccc3)nn2)O[C@H]1CO. The Balaban J connectivity index is 1.20. The standard InChI is InChI=1S/C24H35N5O3/c30-18-23-21(25-24(31)12-15-28-13-5-2-6-14-28)10-9-20(32-23)11-16-29-17-22(26-27-29)19-7-3-1-4-8-19/h1,3-4,7-8,17,20-21,23,30H,2,5-6,9-16,18H2,(H,25,31)/t20-,21-,23+/m1/s1. The van der Waals surface area contributed by atoms with Crippen molar-refractivity contribution in [3.8, 4) is 11.3 Å².